The molecule has 0 aliphatic rings. The Morgan fingerprint density at radius 2 is 1.59 bits per heavy atom. The molecule has 0 bridgehead atoms. The highest BCUT2D eigenvalue weighted by atomic mass is 19.1. The summed E-state index contributed by atoms with van der Waals surface area (Å²) in [5, 5.41) is 17.5. The molecule has 113 valence electrons. The summed E-state index contributed by atoms with van der Waals surface area (Å²) in [4.78, 5) is 21.6. The fourth-order valence-corrected chi connectivity index (χ4v) is 2.04. The largest absolute Gasteiger partial charge is 0.479 e. The number of carboxylic acid groups (broad SMARTS) is 2. The van der Waals surface area contributed by atoms with E-state index in [1.165, 1.54) is 6.07 Å². The van der Waals surface area contributed by atoms with Crippen LogP contribution in [0.1, 0.15) is 23.5 Å². The van der Waals surface area contributed by atoms with Gasteiger partial charge in [0.15, 0.2) is 0 Å². The van der Waals surface area contributed by atoms with Crippen molar-refractivity contribution in [3.63, 3.8) is 0 Å². The SMILES string of the molecule is O=C(O)C(F)c1ccc(-c2c[c]ccc2)cc1C(F)C(=O)O. The van der Waals surface area contributed by atoms with Gasteiger partial charge in [-0.2, -0.15) is 0 Å². The minimum Gasteiger partial charge on any atom is -0.479 e. The van der Waals surface area contributed by atoms with E-state index < -0.39 is 35.4 Å². The molecule has 2 rings (SSSR count). The molecular weight excluding hydrogens is 294 g/mol. The summed E-state index contributed by atoms with van der Waals surface area (Å²) in [6.45, 7) is 0. The molecule has 0 saturated carbocycles. The quantitative estimate of drug-likeness (QED) is 0.888. The van der Waals surface area contributed by atoms with Gasteiger partial charge in [0, 0.05) is 11.1 Å². The van der Waals surface area contributed by atoms with Gasteiger partial charge in [0.25, 0.3) is 0 Å². The number of carboxylic acids is 2. The van der Waals surface area contributed by atoms with Crippen molar-refractivity contribution in [2.45, 2.75) is 12.3 Å². The van der Waals surface area contributed by atoms with Gasteiger partial charge in [-0.05, 0) is 29.3 Å². The average molecular weight is 305 g/mol. The third-order valence-electron chi connectivity index (χ3n) is 3.11. The van der Waals surface area contributed by atoms with Crippen molar-refractivity contribution in [1.29, 1.82) is 0 Å². The van der Waals surface area contributed by atoms with Gasteiger partial charge in [-0.25, -0.2) is 18.4 Å². The minimum atomic E-state index is -2.51. The van der Waals surface area contributed by atoms with Crippen molar-refractivity contribution in [1.82, 2.24) is 0 Å². The summed E-state index contributed by atoms with van der Waals surface area (Å²) in [7, 11) is 0. The Labute approximate surface area is 124 Å². The van der Waals surface area contributed by atoms with Crippen LogP contribution in [0.25, 0.3) is 11.1 Å². The topological polar surface area (TPSA) is 74.6 Å². The summed E-state index contributed by atoms with van der Waals surface area (Å²) < 4.78 is 27.6. The summed E-state index contributed by atoms with van der Waals surface area (Å²) in [6.07, 6.45) is -5.01. The molecule has 0 fully saturated rings. The molecule has 2 aromatic carbocycles. The van der Waals surface area contributed by atoms with E-state index in [0.29, 0.717) is 11.1 Å². The lowest BCUT2D eigenvalue weighted by Crippen LogP contribution is -2.14. The zero-order chi connectivity index (χ0) is 16.3. The first-order valence-corrected chi connectivity index (χ1v) is 6.26. The van der Waals surface area contributed by atoms with Crippen molar-refractivity contribution < 1.29 is 28.6 Å². The number of halogens is 2. The second kappa shape index (κ2) is 6.34. The number of carbonyl (C=O) groups is 2. The number of benzene rings is 2. The van der Waals surface area contributed by atoms with Gasteiger partial charge in [-0.3, -0.25) is 0 Å². The van der Waals surface area contributed by atoms with Gasteiger partial charge < -0.3 is 10.2 Å². The summed E-state index contributed by atoms with van der Waals surface area (Å²) >= 11 is 0. The third-order valence-corrected chi connectivity index (χ3v) is 3.11. The van der Waals surface area contributed by atoms with Crippen LogP contribution in [0.2, 0.25) is 0 Å². The summed E-state index contributed by atoms with van der Waals surface area (Å²) in [5.74, 6) is -3.62. The molecule has 0 aliphatic carbocycles. The fraction of sp³-hybridized carbons (Fsp3) is 0.125. The van der Waals surface area contributed by atoms with E-state index in [1.807, 2.05) is 0 Å². The van der Waals surface area contributed by atoms with Crippen LogP contribution >= 0.6 is 0 Å². The van der Waals surface area contributed by atoms with Gasteiger partial charge in [-0.15, -0.1) is 0 Å². The van der Waals surface area contributed by atoms with E-state index >= 15 is 0 Å². The molecule has 4 nitrogen and oxygen atoms in total. The Morgan fingerprint density at radius 1 is 0.955 bits per heavy atom. The molecule has 0 spiro atoms. The molecule has 2 aromatic rings. The molecule has 0 aromatic heterocycles. The highest BCUT2D eigenvalue weighted by Crippen LogP contribution is 2.33. The third kappa shape index (κ3) is 3.11. The van der Waals surface area contributed by atoms with Crippen LogP contribution in [0.3, 0.4) is 0 Å². The van der Waals surface area contributed by atoms with Gasteiger partial charge in [-0.1, -0.05) is 30.3 Å². The summed E-state index contributed by atoms with van der Waals surface area (Å²) in [5.41, 5.74) is 0.0468. The maximum Gasteiger partial charge on any atom is 0.343 e. The Morgan fingerprint density at radius 3 is 2.14 bits per heavy atom. The van der Waals surface area contributed by atoms with Gasteiger partial charge in [0.05, 0.1) is 0 Å². The van der Waals surface area contributed by atoms with Crippen LogP contribution < -0.4 is 0 Å². The van der Waals surface area contributed by atoms with Crippen LogP contribution in [0, 0.1) is 6.07 Å². The monoisotopic (exact) mass is 305 g/mol. The lowest BCUT2D eigenvalue weighted by atomic mass is 9.94. The van der Waals surface area contributed by atoms with E-state index in [4.69, 9.17) is 10.2 Å². The van der Waals surface area contributed by atoms with E-state index in [-0.39, 0.29) is 0 Å². The molecule has 22 heavy (non-hydrogen) atoms. The zero-order valence-corrected chi connectivity index (χ0v) is 11.2. The number of hydrogen-bond acceptors (Lipinski definition) is 2. The molecule has 2 atom stereocenters. The first-order valence-electron chi connectivity index (χ1n) is 6.26. The Kier molecular flexibility index (Phi) is 4.50. The Hall–Kier alpha value is -2.76. The maximum atomic E-state index is 13.9. The second-order valence-corrected chi connectivity index (χ2v) is 4.54. The number of rotatable bonds is 5. The van der Waals surface area contributed by atoms with Crippen molar-refractivity contribution in [2.24, 2.45) is 0 Å². The standard InChI is InChI=1S/C16H11F2O4/c17-13(15(19)20)11-7-6-10(9-4-2-1-3-5-9)8-12(11)14(18)16(21)22/h1-2,4-8,13-14H,(H,19,20)(H,21,22). The zero-order valence-electron chi connectivity index (χ0n) is 11.2. The smallest absolute Gasteiger partial charge is 0.343 e. The maximum absolute atomic E-state index is 13.9. The summed E-state index contributed by atoms with van der Waals surface area (Å²) in [6, 6.07) is 13.1. The van der Waals surface area contributed by atoms with E-state index in [0.717, 1.165) is 12.1 Å². The predicted octanol–water partition coefficient (Wildman–Crippen LogP) is 3.34. The highest BCUT2D eigenvalue weighted by molar-refractivity contribution is 5.80. The number of aliphatic carboxylic acids is 2. The van der Waals surface area contributed by atoms with Crippen LogP contribution in [-0.2, 0) is 9.59 Å². The number of alkyl halides is 2. The van der Waals surface area contributed by atoms with Crippen LogP contribution in [0.4, 0.5) is 8.78 Å². The normalized spacial score (nSPS) is 13.4. The molecule has 2 unspecified atom stereocenters. The molecule has 1 radical (unpaired) electrons. The second-order valence-electron chi connectivity index (χ2n) is 4.54. The van der Waals surface area contributed by atoms with Gasteiger partial charge in [0.1, 0.15) is 0 Å². The fourth-order valence-electron chi connectivity index (χ4n) is 2.04. The van der Waals surface area contributed by atoms with Crippen molar-refractivity contribution in [3.05, 3.63) is 59.7 Å². The van der Waals surface area contributed by atoms with Crippen LogP contribution in [0.15, 0.2) is 42.5 Å². The van der Waals surface area contributed by atoms with Crippen molar-refractivity contribution >= 4 is 11.9 Å². The highest BCUT2D eigenvalue weighted by Gasteiger charge is 2.29. The predicted molar refractivity (Wildman–Crippen MR) is 73.7 cm³/mol. The van der Waals surface area contributed by atoms with Gasteiger partial charge in [0.2, 0.25) is 12.3 Å². The number of hydrogen-bond donors (Lipinski definition) is 2. The molecule has 0 aliphatic heterocycles. The molecule has 6 heteroatoms. The van der Waals surface area contributed by atoms with Crippen molar-refractivity contribution in [2.75, 3.05) is 0 Å². The minimum absolute atomic E-state index is 0.442. The van der Waals surface area contributed by atoms with Gasteiger partial charge >= 0.3 is 11.9 Å². The molecular formula is C16H11F2O4. The Balaban J connectivity index is 2.57. The van der Waals surface area contributed by atoms with E-state index in [1.54, 1.807) is 24.3 Å². The van der Waals surface area contributed by atoms with Crippen LogP contribution in [-0.4, -0.2) is 22.2 Å². The van der Waals surface area contributed by atoms with E-state index in [9.17, 15) is 18.4 Å². The Bertz CT molecular complexity index is 701. The average Bonchev–Trinajstić information content (AvgIpc) is 2.53. The molecule has 0 heterocycles. The van der Waals surface area contributed by atoms with E-state index in [2.05, 4.69) is 6.07 Å². The lowest BCUT2D eigenvalue weighted by molar-refractivity contribution is -0.145. The lowest BCUT2D eigenvalue weighted by Gasteiger charge is -2.14. The van der Waals surface area contributed by atoms with Crippen molar-refractivity contribution in [3.8, 4) is 11.1 Å². The first kappa shape index (κ1) is 15.6. The molecule has 2 N–H and O–H groups in total. The molecule has 0 amide bonds. The van der Waals surface area contributed by atoms with Crippen LogP contribution in [0.5, 0.6) is 0 Å². The molecule has 0 saturated heterocycles. The first-order chi connectivity index (χ1) is 10.4.